The first-order valence-corrected chi connectivity index (χ1v) is 6.15. The Kier molecular flexibility index (Phi) is 3.32. The summed E-state index contributed by atoms with van der Waals surface area (Å²) >= 11 is 4.76. The summed E-state index contributed by atoms with van der Waals surface area (Å²) in [5.41, 5.74) is 1.44. The number of benzene rings is 1. The zero-order chi connectivity index (χ0) is 11.5. The van der Waals surface area contributed by atoms with Gasteiger partial charge in [-0.2, -0.15) is 5.26 Å². The van der Waals surface area contributed by atoms with Gasteiger partial charge < -0.3 is 0 Å². The molecule has 0 saturated heterocycles. The maximum atomic E-state index is 13.1. The van der Waals surface area contributed by atoms with Gasteiger partial charge >= 0.3 is 0 Å². The van der Waals surface area contributed by atoms with Crippen LogP contribution in [0.4, 0.5) is 4.39 Å². The Hall–Kier alpha value is -1.25. The molecule has 0 amide bonds. The van der Waals surface area contributed by atoms with Gasteiger partial charge in [0.25, 0.3) is 0 Å². The quantitative estimate of drug-likeness (QED) is 0.846. The summed E-state index contributed by atoms with van der Waals surface area (Å²) in [6, 6.07) is 6.50. The molecule has 2 aromatic rings. The molecule has 2 rings (SSSR count). The van der Waals surface area contributed by atoms with Gasteiger partial charge in [-0.05, 0) is 18.2 Å². The van der Waals surface area contributed by atoms with E-state index >= 15 is 0 Å². The van der Waals surface area contributed by atoms with Crippen molar-refractivity contribution in [2.75, 3.05) is 0 Å². The Morgan fingerprint density at radius 1 is 1.50 bits per heavy atom. The van der Waals surface area contributed by atoms with Gasteiger partial charge in [-0.25, -0.2) is 9.37 Å². The first kappa shape index (κ1) is 11.2. The summed E-state index contributed by atoms with van der Waals surface area (Å²) in [7, 11) is 0. The second kappa shape index (κ2) is 4.73. The first-order chi connectivity index (χ1) is 7.70. The van der Waals surface area contributed by atoms with Crippen LogP contribution >= 0.6 is 27.3 Å². The molecule has 0 aliphatic rings. The lowest BCUT2D eigenvalue weighted by molar-refractivity contribution is 0.628. The van der Waals surface area contributed by atoms with Crippen molar-refractivity contribution < 1.29 is 4.39 Å². The van der Waals surface area contributed by atoms with E-state index in [2.05, 4.69) is 20.9 Å². The monoisotopic (exact) mass is 296 g/mol. The molecule has 0 aliphatic heterocycles. The minimum Gasteiger partial charge on any atom is -0.240 e. The molecule has 2 nitrogen and oxygen atoms in total. The van der Waals surface area contributed by atoms with E-state index in [9.17, 15) is 4.39 Å². The second-order valence-corrected chi connectivity index (χ2v) is 4.82. The largest absolute Gasteiger partial charge is 0.240 e. The van der Waals surface area contributed by atoms with Crippen molar-refractivity contribution in [1.82, 2.24) is 4.98 Å². The van der Waals surface area contributed by atoms with E-state index in [1.54, 1.807) is 6.07 Å². The number of halogens is 2. The van der Waals surface area contributed by atoms with Gasteiger partial charge in [0.2, 0.25) is 0 Å². The Morgan fingerprint density at radius 2 is 2.31 bits per heavy atom. The molecule has 16 heavy (non-hydrogen) atoms. The molecule has 0 unspecified atom stereocenters. The fourth-order valence-electron chi connectivity index (χ4n) is 1.25. The lowest BCUT2D eigenvalue weighted by atomic mass is 10.2. The fraction of sp³-hybridized carbons (Fsp3) is 0.0909. The van der Waals surface area contributed by atoms with E-state index in [0.717, 1.165) is 15.2 Å². The predicted molar refractivity (Wildman–Crippen MR) is 64.5 cm³/mol. The van der Waals surface area contributed by atoms with E-state index in [-0.39, 0.29) is 12.2 Å². The van der Waals surface area contributed by atoms with Crippen LogP contribution in [0.5, 0.6) is 0 Å². The molecule has 1 heterocycles. The Balaban J connectivity index is 2.42. The zero-order valence-electron chi connectivity index (χ0n) is 8.08. The first-order valence-electron chi connectivity index (χ1n) is 4.47. The molecular weight excluding hydrogens is 291 g/mol. The van der Waals surface area contributed by atoms with Crippen molar-refractivity contribution in [3.8, 4) is 16.6 Å². The van der Waals surface area contributed by atoms with Crippen LogP contribution in [0.1, 0.15) is 5.69 Å². The van der Waals surface area contributed by atoms with E-state index in [1.165, 1.54) is 23.5 Å². The normalized spacial score (nSPS) is 10.1. The highest BCUT2D eigenvalue weighted by Crippen LogP contribution is 2.31. The zero-order valence-corrected chi connectivity index (χ0v) is 10.5. The fourth-order valence-corrected chi connectivity index (χ4v) is 2.67. The summed E-state index contributed by atoms with van der Waals surface area (Å²) in [6.07, 6.45) is 0.281. The lowest BCUT2D eigenvalue weighted by Crippen LogP contribution is -1.84. The number of hydrogen-bond donors (Lipinski definition) is 0. The average Bonchev–Trinajstić information content (AvgIpc) is 2.71. The van der Waals surface area contributed by atoms with Crippen LogP contribution in [0, 0.1) is 17.1 Å². The smallest absolute Gasteiger partial charge is 0.124 e. The molecule has 1 aromatic carbocycles. The van der Waals surface area contributed by atoms with Crippen LogP contribution in [0.2, 0.25) is 0 Å². The van der Waals surface area contributed by atoms with Crippen molar-refractivity contribution in [2.45, 2.75) is 6.42 Å². The minimum absolute atomic E-state index is 0.281. The van der Waals surface area contributed by atoms with Crippen LogP contribution in [0.15, 0.2) is 28.1 Å². The number of nitriles is 1. The molecule has 80 valence electrons. The molecule has 0 saturated carbocycles. The molecule has 0 atom stereocenters. The molecule has 0 spiro atoms. The highest BCUT2D eigenvalue weighted by atomic mass is 79.9. The molecule has 1 aromatic heterocycles. The van der Waals surface area contributed by atoms with Gasteiger partial charge in [-0.1, -0.05) is 15.9 Å². The van der Waals surface area contributed by atoms with Crippen LogP contribution in [0.3, 0.4) is 0 Å². The predicted octanol–water partition coefficient (Wildman–Crippen LogP) is 3.78. The molecule has 0 radical (unpaired) electrons. The van der Waals surface area contributed by atoms with E-state index in [1.807, 2.05) is 11.4 Å². The minimum atomic E-state index is -0.296. The van der Waals surface area contributed by atoms with Crippen molar-refractivity contribution in [3.63, 3.8) is 0 Å². The van der Waals surface area contributed by atoms with Crippen molar-refractivity contribution in [1.29, 1.82) is 5.26 Å². The maximum Gasteiger partial charge on any atom is 0.124 e. The van der Waals surface area contributed by atoms with E-state index in [0.29, 0.717) is 5.56 Å². The summed E-state index contributed by atoms with van der Waals surface area (Å²) in [4.78, 5) is 4.27. The molecule has 5 heteroatoms. The van der Waals surface area contributed by atoms with Crippen LogP contribution in [-0.2, 0) is 6.42 Å². The van der Waals surface area contributed by atoms with Gasteiger partial charge in [0.15, 0.2) is 0 Å². The summed E-state index contributed by atoms with van der Waals surface area (Å²) < 4.78 is 13.9. The number of thiazole rings is 1. The highest BCUT2D eigenvalue weighted by molar-refractivity contribution is 9.10. The number of nitrogens with zero attached hydrogens (tertiary/aromatic N) is 2. The Morgan fingerprint density at radius 3 is 3.06 bits per heavy atom. The Labute approximate surface area is 105 Å². The molecular formula is C11H6BrFN2S. The van der Waals surface area contributed by atoms with Gasteiger partial charge in [-0.15, -0.1) is 11.3 Å². The summed E-state index contributed by atoms with van der Waals surface area (Å²) in [6.45, 7) is 0. The third-order valence-corrected chi connectivity index (χ3v) is 3.59. The van der Waals surface area contributed by atoms with Crippen LogP contribution < -0.4 is 0 Å². The molecule has 0 N–H and O–H groups in total. The van der Waals surface area contributed by atoms with E-state index in [4.69, 9.17) is 5.26 Å². The van der Waals surface area contributed by atoms with Crippen LogP contribution in [0.25, 0.3) is 10.6 Å². The van der Waals surface area contributed by atoms with E-state index < -0.39 is 0 Å². The van der Waals surface area contributed by atoms with Gasteiger partial charge in [0.05, 0.1) is 18.2 Å². The third-order valence-electron chi connectivity index (χ3n) is 1.97. The van der Waals surface area contributed by atoms with Crippen LogP contribution in [-0.4, -0.2) is 4.98 Å². The number of aromatic nitrogens is 1. The summed E-state index contributed by atoms with van der Waals surface area (Å²) in [5, 5.41) is 11.1. The van der Waals surface area contributed by atoms with Crippen molar-refractivity contribution in [2.24, 2.45) is 0 Å². The lowest BCUT2D eigenvalue weighted by Gasteiger charge is -1.99. The molecule has 0 fully saturated rings. The third kappa shape index (κ3) is 2.29. The molecule has 0 bridgehead atoms. The average molecular weight is 297 g/mol. The van der Waals surface area contributed by atoms with Gasteiger partial charge in [-0.3, -0.25) is 0 Å². The number of rotatable bonds is 2. The summed E-state index contributed by atoms with van der Waals surface area (Å²) in [5.74, 6) is -0.296. The van der Waals surface area contributed by atoms with Gasteiger partial charge in [0, 0.05) is 15.4 Å². The topological polar surface area (TPSA) is 36.7 Å². The Bertz CT molecular complexity index is 559. The second-order valence-electron chi connectivity index (χ2n) is 3.10. The number of hydrogen-bond acceptors (Lipinski definition) is 3. The van der Waals surface area contributed by atoms with Crippen molar-refractivity contribution >= 4 is 27.3 Å². The standard InChI is InChI=1S/C11H6BrFN2S/c12-10-2-1-7(13)5-9(10)11-15-8(3-4-14)6-16-11/h1-2,5-6H,3H2. The van der Waals surface area contributed by atoms with Crippen molar-refractivity contribution in [3.05, 3.63) is 39.6 Å². The highest BCUT2D eigenvalue weighted by Gasteiger charge is 2.09. The SMILES string of the molecule is N#CCc1csc(-c2cc(F)ccc2Br)n1. The van der Waals surface area contributed by atoms with Gasteiger partial charge in [0.1, 0.15) is 10.8 Å². The maximum absolute atomic E-state index is 13.1. The molecule has 0 aliphatic carbocycles.